The number of aromatic nitrogens is 3. The van der Waals surface area contributed by atoms with E-state index in [-0.39, 0.29) is 5.54 Å². The lowest BCUT2D eigenvalue weighted by Crippen LogP contribution is -2.39. The quantitative estimate of drug-likeness (QED) is 0.811. The van der Waals surface area contributed by atoms with Gasteiger partial charge in [-0.15, -0.1) is 0 Å². The van der Waals surface area contributed by atoms with Crippen molar-refractivity contribution < 1.29 is 0 Å². The molecule has 0 bridgehead atoms. The van der Waals surface area contributed by atoms with Crippen LogP contribution in [0.2, 0.25) is 0 Å². The first-order chi connectivity index (χ1) is 8.08. The van der Waals surface area contributed by atoms with Crippen LogP contribution in [-0.2, 0) is 0 Å². The van der Waals surface area contributed by atoms with Crippen LogP contribution >= 0.6 is 0 Å². The largest absolute Gasteiger partial charge is 0.382 e. The van der Waals surface area contributed by atoms with E-state index in [1.807, 2.05) is 10.6 Å². The van der Waals surface area contributed by atoms with Gasteiger partial charge in [-0.3, -0.25) is 0 Å². The number of hydrogen-bond acceptors (Lipinski definition) is 4. The molecule has 0 atom stereocenters. The normalized spacial score (nSPS) is 19.1. The predicted molar refractivity (Wildman–Crippen MR) is 68.1 cm³/mol. The zero-order valence-electron chi connectivity index (χ0n) is 10.2. The van der Waals surface area contributed by atoms with Crippen molar-refractivity contribution in [3.05, 3.63) is 18.6 Å². The van der Waals surface area contributed by atoms with Crippen molar-refractivity contribution in [1.82, 2.24) is 14.4 Å². The Bertz CT molecular complexity index is 557. The summed E-state index contributed by atoms with van der Waals surface area (Å²) in [6.45, 7) is 5.50. The first-order valence-electron chi connectivity index (χ1n) is 5.95. The molecule has 2 aromatic rings. The van der Waals surface area contributed by atoms with Crippen LogP contribution in [0, 0.1) is 0 Å². The van der Waals surface area contributed by atoms with E-state index in [2.05, 4.69) is 28.7 Å². The van der Waals surface area contributed by atoms with Gasteiger partial charge < -0.3 is 15.0 Å². The molecule has 0 saturated carbocycles. The zero-order valence-corrected chi connectivity index (χ0v) is 10.2. The summed E-state index contributed by atoms with van der Waals surface area (Å²) < 4.78 is 1.94. The van der Waals surface area contributed by atoms with Gasteiger partial charge in [-0.05, 0) is 26.7 Å². The number of fused-ring (bicyclic) bond motifs is 1. The van der Waals surface area contributed by atoms with E-state index in [4.69, 9.17) is 5.73 Å². The second-order valence-electron chi connectivity index (χ2n) is 5.22. The molecule has 90 valence electrons. The van der Waals surface area contributed by atoms with E-state index in [1.54, 1.807) is 12.4 Å². The van der Waals surface area contributed by atoms with Gasteiger partial charge in [-0.1, -0.05) is 0 Å². The molecular formula is C12H17N5. The maximum Gasteiger partial charge on any atom is 0.180 e. The van der Waals surface area contributed by atoms with Crippen LogP contribution < -0.4 is 10.6 Å². The highest BCUT2D eigenvalue weighted by atomic mass is 15.3. The van der Waals surface area contributed by atoms with E-state index in [1.165, 1.54) is 12.8 Å². The lowest BCUT2D eigenvalue weighted by Gasteiger charge is -2.32. The Kier molecular flexibility index (Phi) is 2.05. The lowest BCUT2D eigenvalue weighted by atomic mass is 10.0. The highest BCUT2D eigenvalue weighted by Crippen LogP contribution is 2.34. The topological polar surface area (TPSA) is 59.5 Å². The predicted octanol–water partition coefficient (Wildman–Crippen LogP) is 1.69. The zero-order chi connectivity index (χ0) is 12.0. The van der Waals surface area contributed by atoms with E-state index in [0.29, 0.717) is 5.82 Å². The molecule has 0 aromatic carbocycles. The number of imidazole rings is 1. The molecule has 0 aliphatic carbocycles. The van der Waals surface area contributed by atoms with Gasteiger partial charge in [0.05, 0.1) is 6.20 Å². The molecule has 0 amide bonds. The smallest absolute Gasteiger partial charge is 0.180 e. The van der Waals surface area contributed by atoms with Crippen LogP contribution in [0.5, 0.6) is 0 Å². The average molecular weight is 231 g/mol. The van der Waals surface area contributed by atoms with Gasteiger partial charge >= 0.3 is 0 Å². The number of nitrogens with two attached hydrogens (primary N) is 1. The summed E-state index contributed by atoms with van der Waals surface area (Å²) in [6.07, 6.45) is 7.85. The molecule has 1 saturated heterocycles. The molecule has 2 aromatic heterocycles. The van der Waals surface area contributed by atoms with Crippen LogP contribution in [0.1, 0.15) is 26.7 Å². The second kappa shape index (κ2) is 3.35. The Hall–Kier alpha value is -1.78. The minimum absolute atomic E-state index is 0.132. The maximum atomic E-state index is 5.85. The maximum absolute atomic E-state index is 5.85. The molecule has 5 heteroatoms. The number of nitrogen functional groups attached to an aromatic ring is 1. The van der Waals surface area contributed by atoms with Gasteiger partial charge in [-0.25, -0.2) is 9.97 Å². The van der Waals surface area contributed by atoms with Crippen molar-refractivity contribution in [2.75, 3.05) is 17.2 Å². The molecule has 1 fully saturated rings. The molecule has 0 unspecified atom stereocenters. The van der Waals surface area contributed by atoms with Crippen molar-refractivity contribution in [3.8, 4) is 0 Å². The standard InChI is InChI=1S/C12H17N5/c1-12(2)4-3-6-17(12)11-10-14-5-7-16(10)8-9(13)15-11/h5,7-8H,3-4,6,13H2,1-2H3. The van der Waals surface area contributed by atoms with Crippen molar-refractivity contribution in [3.63, 3.8) is 0 Å². The van der Waals surface area contributed by atoms with Crippen molar-refractivity contribution in [2.24, 2.45) is 0 Å². The van der Waals surface area contributed by atoms with Gasteiger partial charge in [0.2, 0.25) is 0 Å². The van der Waals surface area contributed by atoms with E-state index >= 15 is 0 Å². The molecule has 5 nitrogen and oxygen atoms in total. The second-order valence-corrected chi connectivity index (χ2v) is 5.22. The summed E-state index contributed by atoms with van der Waals surface area (Å²) in [7, 11) is 0. The SMILES string of the molecule is CC1(C)CCCN1c1nc(N)cn2ccnc12. The number of hydrogen-bond donors (Lipinski definition) is 1. The lowest BCUT2D eigenvalue weighted by molar-refractivity contribution is 0.515. The first kappa shape index (κ1) is 10.4. The monoisotopic (exact) mass is 231 g/mol. The van der Waals surface area contributed by atoms with Gasteiger partial charge in [0, 0.05) is 24.5 Å². The Morgan fingerprint density at radius 1 is 1.41 bits per heavy atom. The Morgan fingerprint density at radius 2 is 2.24 bits per heavy atom. The van der Waals surface area contributed by atoms with Gasteiger partial charge in [0.1, 0.15) is 5.82 Å². The van der Waals surface area contributed by atoms with Gasteiger partial charge in [0.15, 0.2) is 11.5 Å². The van der Waals surface area contributed by atoms with Gasteiger partial charge in [-0.2, -0.15) is 0 Å². The number of rotatable bonds is 1. The summed E-state index contributed by atoms with van der Waals surface area (Å²) >= 11 is 0. The van der Waals surface area contributed by atoms with E-state index < -0.39 is 0 Å². The molecule has 0 radical (unpaired) electrons. The van der Waals surface area contributed by atoms with E-state index in [9.17, 15) is 0 Å². The molecule has 2 N–H and O–H groups in total. The van der Waals surface area contributed by atoms with Crippen LogP contribution in [0.25, 0.3) is 5.65 Å². The van der Waals surface area contributed by atoms with Crippen LogP contribution in [0.3, 0.4) is 0 Å². The highest BCUT2D eigenvalue weighted by molar-refractivity contribution is 5.67. The molecular weight excluding hydrogens is 214 g/mol. The fourth-order valence-electron chi connectivity index (χ4n) is 2.62. The summed E-state index contributed by atoms with van der Waals surface area (Å²) in [5, 5.41) is 0. The minimum Gasteiger partial charge on any atom is -0.382 e. The average Bonchev–Trinajstić information content (AvgIpc) is 2.82. The third-order valence-electron chi connectivity index (χ3n) is 3.53. The fraction of sp³-hybridized carbons (Fsp3) is 0.500. The Balaban J connectivity index is 2.19. The molecule has 3 heterocycles. The number of anilines is 2. The highest BCUT2D eigenvalue weighted by Gasteiger charge is 2.34. The number of nitrogens with zero attached hydrogens (tertiary/aromatic N) is 4. The van der Waals surface area contributed by atoms with Crippen LogP contribution in [-0.4, -0.2) is 26.5 Å². The summed E-state index contributed by atoms with van der Waals surface area (Å²) in [6, 6.07) is 0. The third-order valence-corrected chi connectivity index (χ3v) is 3.53. The van der Waals surface area contributed by atoms with Crippen LogP contribution in [0.4, 0.5) is 11.6 Å². The summed E-state index contributed by atoms with van der Waals surface area (Å²) in [4.78, 5) is 11.2. The Labute approximate surface area is 100 Å². The Morgan fingerprint density at radius 3 is 2.94 bits per heavy atom. The summed E-state index contributed by atoms with van der Waals surface area (Å²) in [5.41, 5.74) is 6.87. The van der Waals surface area contributed by atoms with Crippen molar-refractivity contribution in [1.29, 1.82) is 0 Å². The fourth-order valence-corrected chi connectivity index (χ4v) is 2.62. The summed E-state index contributed by atoms with van der Waals surface area (Å²) in [5.74, 6) is 1.44. The van der Waals surface area contributed by atoms with Crippen molar-refractivity contribution >= 4 is 17.3 Å². The van der Waals surface area contributed by atoms with Crippen molar-refractivity contribution in [2.45, 2.75) is 32.2 Å². The van der Waals surface area contributed by atoms with Crippen LogP contribution in [0.15, 0.2) is 18.6 Å². The molecule has 3 rings (SSSR count). The van der Waals surface area contributed by atoms with E-state index in [0.717, 1.165) is 18.0 Å². The molecule has 0 spiro atoms. The molecule has 1 aliphatic heterocycles. The van der Waals surface area contributed by atoms with Gasteiger partial charge in [0.25, 0.3) is 0 Å². The molecule has 1 aliphatic rings. The minimum atomic E-state index is 0.132. The first-order valence-corrected chi connectivity index (χ1v) is 5.95. The third kappa shape index (κ3) is 1.53. The molecule has 17 heavy (non-hydrogen) atoms.